The van der Waals surface area contributed by atoms with Crippen molar-refractivity contribution in [2.75, 3.05) is 22.6 Å². The summed E-state index contributed by atoms with van der Waals surface area (Å²) in [6, 6.07) is 0.681. The molecule has 1 aromatic heterocycles. The highest BCUT2D eigenvalue weighted by atomic mass is 32.2. The number of hydrogen-bond acceptors (Lipinski definition) is 7. The van der Waals surface area contributed by atoms with Crippen LogP contribution < -0.4 is 15.8 Å². The number of thioether (sulfide) groups is 1. The predicted molar refractivity (Wildman–Crippen MR) is 74.0 cm³/mol. The van der Waals surface area contributed by atoms with Crippen molar-refractivity contribution in [3.8, 4) is 6.01 Å². The molecule has 1 aromatic rings. The second-order valence-corrected chi connectivity index (χ2v) is 5.67. The molecule has 100 valence electrons. The van der Waals surface area contributed by atoms with Crippen molar-refractivity contribution in [2.24, 2.45) is 0 Å². The summed E-state index contributed by atoms with van der Waals surface area (Å²) in [5.74, 6) is 3.00. The second-order valence-electron chi connectivity index (χ2n) is 4.52. The summed E-state index contributed by atoms with van der Waals surface area (Å²) in [5, 5.41) is 3.29. The van der Waals surface area contributed by atoms with Crippen molar-refractivity contribution >= 4 is 23.7 Å². The Hall–Kier alpha value is -1.24. The highest BCUT2D eigenvalue weighted by Crippen LogP contribution is 2.20. The molecule has 0 aromatic carbocycles. The van der Waals surface area contributed by atoms with Gasteiger partial charge >= 0.3 is 6.01 Å². The number of nitrogens with zero attached hydrogens (tertiary/aromatic N) is 3. The Bertz CT molecular complexity index is 395. The van der Waals surface area contributed by atoms with Gasteiger partial charge in [-0.15, -0.1) is 0 Å². The first-order chi connectivity index (χ1) is 8.63. The van der Waals surface area contributed by atoms with Crippen LogP contribution in [0.1, 0.15) is 26.7 Å². The minimum absolute atomic E-state index is 0.0184. The van der Waals surface area contributed by atoms with Crippen LogP contribution in [0.3, 0.4) is 0 Å². The largest absolute Gasteiger partial charge is 0.461 e. The third-order valence-electron chi connectivity index (χ3n) is 2.47. The van der Waals surface area contributed by atoms with E-state index in [2.05, 4.69) is 20.3 Å². The molecule has 1 fully saturated rings. The molecule has 0 radical (unpaired) electrons. The van der Waals surface area contributed by atoms with E-state index in [0.717, 1.165) is 12.2 Å². The molecule has 3 N–H and O–H groups in total. The molecule has 0 amide bonds. The Labute approximate surface area is 111 Å². The van der Waals surface area contributed by atoms with E-state index in [-0.39, 0.29) is 18.1 Å². The normalized spacial score (nSPS) is 19.8. The fraction of sp³-hybridized carbons (Fsp3) is 0.727. The van der Waals surface area contributed by atoms with Gasteiger partial charge in [0.2, 0.25) is 11.9 Å². The highest BCUT2D eigenvalue weighted by Gasteiger charge is 2.16. The van der Waals surface area contributed by atoms with Gasteiger partial charge < -0.3 is 15.8 Å². The highest BCUT2D eigenvalue weighted by molar-refractivity contribution is 7.99. The molecule has 0 aliphatic carbocycles. The summed E-state index contributed by atoms with van der Waals surface area (Å²) in [7, 11) is 0. The molecule has 0 spiro atoms. The number of nitrogens with one attached hydrogen (secondary N) is 1. The minimum Gasteiger partial charge on any atom is -0.461 e. The quantitative estimate of drug-likeness (QED) is 0.857. The van der Waals surface area contributed by atoms with Crippen LogP contribution in [0.2, 0.25) is 0 Å². The molecule has 18 heavy (non-hydrogen) atoms. The lowest BCUT2D eigenvalue weighted by atomic mass is 10.2. The van der Waals surface area contributed by atoms with E-state index in [4.69, 9.17) is 10.5 Å². The zero-order chi connectivity index (χ0) is 13.0. The van der Waals surface area contributed by atoms with E-state index in [9.17, 15) is 0 Å². The summed E-state index contributed by atoms with van der Waals surface area (Å²) >= 11 is 1.95. The standard InChI is InChI=1S/C11H19N5OS/c1-7(2)17-11-15-9(12)14-10(16-11)13-8-4-3-5-18-6-8/h7-8H,3-6H2,1-2H3,(H3,12,13,14,15,16). The van der Waals surface area contributed by atoms with Crippen LogP contribution in [-0.2, 0) is 0 Å². The van der Waals surface area contributed by atoms with E-state index in [1.165, 1.54) is 12.2 Å². The summed E-state index contributed by atoms with van der Waals surface area (Å²) in [4.78, 5) is 12.3. The Kier molecular flexibility index (Phi) is 4.46. The second kappa shape index (κ2) is 6.08. The van der Waals surface area contributed by atoms with E-state index in [1.807, 2.05) is 25.6 Å². The molecule has 0 bridgehead atoms. The first-order valence-electron chi connectivity index (χ1n) is 6.16. The van der Waals surface area contributed by atoms with E-state index in [1.54, 1.807) is 0 Å². The Morgan fingerprint density at radius 1 is 1.39 bits per heavy atom. The number of aromatic nitrogens is 3. The van der Waals surface area contributed by atoms with Crippen LogP contribution in [0.15, 0.2) is 0 Å². The fourth-order valence-electron chi connectivity index (χ4n) is 1.74. The molecule has 1 atom stereocenters. The third kappa shape index (κ3) is 3.90. The van der Waals surface area contributed by atoms with Crippen molar-refractivity contribution < 1.29 is 4.74 Å². The van der Waals surface area contributed by atoms with Crippen LogP contribution >= 0.6 is 11.8 Å². The number of anilines is 2. The van der Waals surface area contributed by atoms with Gasteiger partial charge in [-0.3, -0.25) is 0 Å². The van der Waals surface area contributed by atoms with E-state index >= 15 is 0 Å². The average Bonchev–Trinajstić information content (AvgIpc) is 2.28. The lowest BCUT2D eigenvalue weighted by Gasteiger charge is -2.22. The van der Waals surface area contributed by atoms with E-state index in [0.29, 0.717) is 12.0 Å². The Morgan fingerprint density at radius 2 is 2.22 bits per heavy atom. The third-order valence-corrected chi connectivity index (χ3v) is 3.68. The number of nitrogens with two attached hydrogens (primary N) is 1. The average molecular weight is 269 g/mol. The van der Waals surface area contributed by atoms with Crippen LogP contribution in [-0.4, -0.2) is 38.6 Å². The lowest BCUT2D eigenvalue weighted by Crippen LogP contribution is -2.27. The number of nitrogen functional groups attached to an aromatic ring is 1. The van der Waals surface area contributed by atoms with Gasteiger partial charge in [0.25, 0.3) is 0 Å². The monoisotopic (exact) mass is 269 g/mol. The maximum atomic E-state index is 5.65. The smallest absolute Gasteiger partial charge is 0.323 e. The van der Waals surface area contributed by atoms with Gasteiger partial charge in [-0.1, -0.05) is 0 Å². The lowest BCUT2D eigenvalue weighted by molar-refractivity contribution is 0.222. The first kappa shape index (κ1) is 13.2. The minimum atomic E-state index is 0.0184. The molecule has 1 unspecified atom stereocenters. The van der Waals surface area contributed by atoms with Crippen LogP contribution in [0.25, 0.3) is 0 Å². The van der Waals surface area contributed by atoms with Crippen LogP contribution in [0.4, 0.5) is 11.9 Å². The predicted octanol–water partition coefficient (Wildman–Crippen LogP) is 1.55. The molecule has 0 saturated carbocycles. The maximum absolute atomic E-state index is 5.65. The van der Waals surface area contributed by atoms with Gasteiger partial charge in [-0.05, 0) is 32.4 Å². The molecule has 6 nitrogen and oxygen atoms in total. The van der Waals surface area contributed by atoms with Crippen molar-refractivity contribution in [3.05, 3.63) is 0 Å². The Morgan fingerprint density at radius 3 is 2.89 bits per heavy atom. The Balaban J connectivity index is 2.04. The molecule has 2 heterocycles. The van der Waals surface area contributed by atoms with Gasteiger partial charge in [0, 0.05) is 11.8 Å². The van der Waals surface area contributed by atoms with Crippen molar-refractivity contribution in [1.29, 1.82) is 0 Å². The number of rotatable bonds is 4. The maximum Gasteiger partial charge on any atom is 0.323 e. The molecule has 2 rings (SSSR count). The SMILES string of the molecule is CC(C)Oc1nc(N)nc(NC2CCCSC2)n1. The topological polar surface area (TPSA) is 86.0 Å². The van der Waals surface area contributed by atoms with Crippen molar-refractivity contribution in [1.82, 2.24) is 15.0 Å². The molecular weight excluding hydrogens is 250 g/mol. The van der Waals surface area contributed by atoms with Crippen LogP contribution in [0.5, 0.6) is 6.01 Å². The number of ether oxygens (including phenoxy) is 1. The summed E-state index contributed by atoms with van der Waals surface area (Å²) < 4.78 is 5.44. The first-order valence-corrected chi connectivity index (χ1v) is 7.31. The summed E-state index contributed by atoms with van der Waals surface area (Å²) in [6.07, 6.45) is 2.38. The van der Waals surface area contributed by atoms with Gasteiger partial charge in [-0.2, -0.15) is 26.7 Å². The fourth-order valence-corrected chi connectivity index (χ4v) is 2.81. The molecule has 1 aliphatic rings. The van der Waals surface area contributed by atoms with E-state index < -0.39 is 0 Å². The van der Waals surface area contributed by atoms with Gasteiger partial charge in [0.1, 0.15) is 0 Å². The summed E-state index contributed by atoms with van der Waals surface area (Å²) in [5.41, 5.74) is 5.65. The van der Waals surface area contributed by atoms with Gasteiger partial charge in [0.05, 0.1) is 6.10 Å². The molecule has 1 saturated heterocycles. The summed E-state index contributed by atoms with van der Waals surface area (Å²) in [6.45, 7) is 3.84. The molecule has 1 aliphatic heterocycles. The van der Waals surface area contributed by atoms with Crippen molar-refractivity contribution in [2.45, 2.75) is 38.8 Å². The van der Waals surface area contributed by atoms with Gasteiger partial charge in [-0.25, -0.2) is 0 Å². The van der Waals surface area contributed by atoms with Crippen molar-refractivity contribution in [3.63, 3.8) is 0 Å². The zero-order valence-corrected chi connectivity index (χ0v) is 11.5. The zero-order valence-electron chi connectivity index (χ0n) is 10.7. The molecule has 7 heteroatoms. The van der Waals surface area contributed by atoms with Crippen LogP contribution in [0, 0.1) is 0 Å². The van der Waals surface area contributed by atoms with Gasteiger partial charge in [0.15, 0.2) is 0 Å². The number of hydrogen-bond donors (Lipinski definition) is 2. The molecular formula is C11H19N5OS.